The monoisotopic (exact) mass is 540 g/mol. The molecule has 2 aromatic carbocycles. The minimum Gasteiger partial charge on any atom is -0.491 e. The van der Waals surface area contributed by atoms with Crippen molar-refractivity contribution < 1.29 is 33.6 Å². The van der Waals surface area contributed by atoms with Crippen molar-refractivity contribution in [3.05, 3.63) is 53.6 Å². The molecule has 0 aromatic heterocycles. The highest BCUT2D eigenvalue weighted by Gasteiger charge is 2.27. The quantitative estimate of drug-likeness (QED) is 0.261. The van der Waals surface area contributed by atoms with Crippen LogP contribution >= 0.6 is 0 Å². The summed E-state index contributed by atoms with van der Waals surface area (Å²) in [6.45, 7) is 4.43. The van der Waals surface area contributed by atoms with Crippen molar-refractivity contribution in [3.8, 4) is 17.2 Å². The number of ketones is 1. The van der Waals surface area contributed by atoms with Crippen LogP contribution in [0.1, 0.15) is 60.6 Å². The number of likely N-dealkylation sites (tertiary alicyclic amines) is 1. The number of Topliss-reactive ketones (excluding diaryl/α,β-unsaturated/α-hetero) is 1. The Hall–Kier alpha value is -3.14. The number of benzene rings is 2. The summed E-state index contributed by atoms with van der Waals surface area (Å²) >= 11 is 0. The fourth-order valence-electron chi connectivity index (χ4n) is 4.92. The fraction of sp³-hybridized carbons (Fsp3) is 0.533. The Labute approximate surface area is 230 Å². The number of hydrogen-bond donors (Lipinski definition) is 2. The predicted molar refractivity (Wildman–Crippen MR) is 147 cm³/mol. The molecule has 1 saturated heterocycles. The van der Waals surface area contributed by atoms with Crippen molar-refractivity contribution in [2.75, 3.05) is 53.2 Å². The van der Waals surface area contributed by atoms with Gasteiger partial charge in [0.15, 0.2) is 17.3 Å². The van der Waals surface area contributed by atoms with Crippen molar-refractivity contribution >= 4 is 11.7 Å². The lowest BCUT2D eigenvalue weighted by molar-refractivity contribution is -0.123. The minimum absolute atomic E-state index is 0.0415. The zero-order chi connectivity index (χ0) is 27.5. The third kappa shape index (κ3) is 8.68. The van der Waals surface area contributed by atoms with Crippen LogP contribution < -0.4 is 19.5 Å². The molecular weight excluding hydrogens is 500 g/mol. The first-order chi connectivity index (χ1) is 19.0. The lowest BCUT2D eigenvalue weighted by atomic mass is 10.00. The molecule has 0 unspecified atom stereocenters. The summed E-state index contributed by atoms with van der Waals surface area (Å²) in [6, 6.07) is 12.1. The molecule has 2 atom stereocenters. The Balaban J connectivity index is 1.25. The van der Waals surface area contributed by atoms with Gasteiger partial charge in [-0.3, -0.25) is 9.59 Å². The first-order valence-corrected chi connectivity index (χ1v) is 13.9. The normalized spacial score (nSPS) is 16.5. The lowest BCUT2D eigenvalue weighted by Crippen LogP contribution is -2.46. The highest BCUT2D eigenvalue weighted by atomic mass is 16.6. The van der Waals surface area contributed by atoms with Gasteiger partial charge in [0.25, 0.3) is 0 Å². The number of fused-ring (bicyclic) bond motifs is 1. The number of methoxy groups -OCH3 is 1. The molecule has 0 saturated carbocycles. The van der Waals surface area contributed by atoms with Gasteiger partial charge in [-0.15, -0.1) is 0 Å². The summed E-state index contributed by atoms with van der Waals surface area (Å²) in [4.78, 5) is 27.7. The van der Waals surface area contributed by atoms with E-state index in [2.05, 4.69) is 10.2 Å². The molecule has 2 heterocycles. The lowest BCUT2D eigenvalue weighted by Gasteiger charge is -2.29. The molecule has 39 heavy (non-hydrogen) atoms. The van der Waals surface area contributed by atoms with E-state index < -0.39 is 12.1 Å². The van der Waals surface area contributed by atoms with Gasteiger partial charge in [-0.05, 0) is 80.7 Å². The highest BCUT2D eigenvalue weighted by Crippen LogP contribution is 2.33. The number of aliphatic hydroxyl groups is 1. The van der Waals surface area contributed by atoms with Crippen molar-refractivity contribution in [2.24, 2.45) is 0 Å². The van der Waals surface area contributed by atoms with Gasteiger partial charge in [0.2, 0.25) is 5.91 Å². The Kier molecular flexibility index (Phi) is 11.0. The minimum atomic E-state index is -0.881. The number of hydrogen-bond acceptors (Lipinski definition) is 8. The molecule has 212 valence electrons. The Bertz CT molecular complexity index is 1070. The van der Waals surface area contributed by atoms with Crippen LogP contribution in [0.3, 0.4) is 0 Å². The second-order valence-corrected chi connectivity index (χ2v) is 10.0. The van der Waals surface area contributed by atoms with Crippen LogP contribution in [0.15, 0.2) is 42.5 Å². The number of rotatable bonds is 15. The maximum atomic E-state index is 12.9. The van der Waals surface area contributed by atoms with Crippen LogP contribution in [0.4, 0.5) is 0 Å². The van der Waals surface area contributed by atoms with E-state index in [1.165, 1.54) is 0 Å². The van der Waals surface area contributed by atoms with Gasteiger partial charge in [0, 0.05) is 32.1 Å². The molecule has 1 fully saturated rings. The SMILES string of the molecule is COCCOc1ccc(C(=O)CCCCC(=O)N[C@H](CN2CCCC2)[C@H](O)c2ccc3c(c2)OCCO3)cc1. The number of unbranched alkanes of at least 4 members (excludes halogenated alkanes) is 1. The van der Waals surface area contributed by atoms with Gasteiger partial charge < -0.3 is 34.3 Å². The van der Waals surface area contributed by atoms with E-state index in [4.69, 9.17) is 18.9 Å². The number of nitrogens with zero attached hydrogens (tertiary/aromatic N) is 1. The highest BCUT2D eigenvalue weighted by molar-refractivity contribution is 5.96. The maximum Gasteiger partial charge on any atom is 0.220 e. The van der Waals surface area contributed by atoms with E-state index in [1.807, 2.05) is 6.07 Å². The Morgan fingerprint density at radius 2 is 1.69 bits per heavy atom. The van der Waals surface area contributed by atoms with E-state index in [9.17, 15) is 14.7 Å². The zero-order valence-electron chi connectivity index (χ0n) is 22.7. The number of ether oxygens (including phenoxy) is 4. The molecule has 4 rings (SSSR count). The van der Waals surface area contributed by atoms with E-state index in [1.54, 1.807) is 43.5 Å². The average molecular weight is 541 g/mol. The van der Waals surface area contributed by atoms with Crippen LogP contribution in [-0.2, 0) is 9.53 Å². The van der Waals surface area contributed by atoms with Gasteiger partial charge in [-0.1, -0.05) is 6.07 Å². The summed E-state index contributed by atoms with van der Waals surface area (Å²) in [5, 5.41) is 14.3. The molecular formula is C30H40N2O7. The zero-order valence-corrected chi connectivity index (χ0v) is 22.7. The van der Waals surface area contributed by atoms with Crippen LogP contribution in [0.2, 0.25) is 0 Å². The van der Waals surface area contributed by atoms with Gasteiger partial charge in [0.1, 0.15) is 31.7 Å². The third-order valence-corrected chi connectivity index (χ3v) is 7.08. The first kappa shape index (κ1) is 28.9. The summed E-state index contributed by atoms with van der Waals surface area (Å²) in [6.07, 6.45) is 3.23. The smallest absolute Gasteiger partial charge is 0.220 e. The molecule has 0 spiro atoms. The molecule has 2 N–H and O–H groups in total. The number of carbonyl (C=O) groups is 2. The number of carbonyl (C=O) groups excluding carboxylic acids is 2. The van der Waals surface area contributed by atoms with Gasteiger partial charge in [-0.2, -0.15) is 0 Å². The average Bonchev–Trinajstić information content (AvgIpc) is 3.48. The molecule has 9 heteroatoms. The second-order valence-electron chi connectivity index (χ2n) is 10.0. The summed E-state index contributed by atoms with van der Waals surface area (Å²) in [7, 11) is 1.62. The standard InChI is InChI=1S/C30H40N2O7/c1-36-16-17-37-24-11-8-22(9-12-24)26(33)6-2-3-7-29(34)31-25(21-32-14-4-5-15-32)30(35)23-10-13-27-28(20-23)39-19-18-38-27/h8-13,20,25,30,35H,2-7,14-19,21H2,1H3,(H,31,34)/t25-,30-/m1/s1. The van der Waals surface area contributed by atoms with Gasteiger partial charge in [0.05, 0.1) is 12.6 Å². The van der Waals surface area contributed by atoms with Crippen molar-refractivity contribution in [1.82, 2.24) is 10.2 Å². The number of nitrogens with one attached hydrogen (secondary N) is 1. The molecule has 9 nitrogen and oxygen atoms in total. The molecule has 0 bridgehead atoms. The molecule has 2 aromatic rings. The van der Waals surface area contributed by atoms with Crippen LogP contribution in [0.5, 0.6) is 17.2 Å². The van der Waals surface area contributed by atoms with Crippen LogP contribution in [0.25, 0.3) is 0 Å². The topological polar surface area (TPSA) is 107 Å². The molecule has 1 amide bonds. The molecule has 0 aliphatic carbocycles. The van der Waals surface area contributed by atoms with Crippen molar-refractivity contribution in [3.63, 3.8) is 0 Å². The van der Waals surface area contributed by atoms with Gasteiger partial charge >= 0.3 is 0 Å². The summed E-state index contributed by atoms with van der Waals surface area (Å²) in [5.74, 6) is 1.89. The predicted octanol–water partition coefficient (Wildman–Crippen LogP) is 3.54. The Morgan fingerprint density at radius 3 is 2.44 bits per heavy atom. The van der Waals surface area contributed by atoms with Crippen LogP contribution in [-0.4, -0.2) is 80.9 Å². The molecule has 2 aliphatic rings. The molecule has 2 aliphatic heterocycles. The van der Waals surface area contributed by atoms with Gasteiger partial charge in [-0.25, -0.2) is 0 Å². The summed E-state index contributed by atoms with van der Waals surface area (Å²) in [5.41, 5.74) is 1.32. The summed E-state index contributed by atoms with van der Waals surface area (Å²) < 4.78 is 21.8. The van der Waals surface area contributed by atoms with E-state index in [-0.39, 0.29) is 11.7 Å². The first-order valence-electron chi connectivity index (χ1n) is 13.9. The second kappa shape index (κ2) is 14.9. The maximum absolute atomic E-state index is 12.9. The number of amides is 1. The largest absolute Gasteiger partial charge is 0.491 e. The molecule has 0 radical (unpaired) electrons. The van der Waals surface area contributed by atoms with E-state index in [0.717, 1.165) is 25.9 Å². The van der Waals surface area contributed by atoms with Crippen LogP contribution in [0, 0.1) is 0 Å². The fourth-order valence-corrected chi connectivity index (χ4v) is 4.92. The third-order valence-electron chi connectivity index (χ3n) is 7.08. The Morgan fingerprint density at radius 1 is 0.974 bits per heavy atom. The van der Waals surface area contributed by atoms with Crippen molar-refractivity contribution in [1.29, 1.82) is 0 Å². The van der Waals surface area contributed by atoms with Crippen molar-refractivity contribution in [2.45, 2.75) is 50.7 Å². The van der Waals surface area contributed by atoms with E-state index in [0.29, 0.717) is 87.0 Å². The number of aliphatic hydroxyl groups excluding tert-OH is 1. The van der Waals surface area contributed by atoms with E-state index >= 15 is 0 Å².